The maximum Gasteiger partial charge on any atom is 0.282 e. The van der Waals surface area contributed by atoms with E-state index < -0.39 is 0 Å². The number of ether oxygens (including phenoxy) is 2. The van der Waals surface area contributed by atoms with Crippen molar-refractivity contribution in [3.8, 4) is 22.9 Å². The van der Waals surface area contributed by atoms with E-state index in [1.807, 2.05) is 55.5 Å². The topological polar surface area (TPSA) is 65.7 Å². The number of hydrogen-bond donors (Lipinski definition) is 0. The Morgan fingerprint density at radius 3 is 2.40 bits per heavy atom. The summed E-state index contributed by atoms with van der Waals surface area (Å²) in [6.07, 6.45) is 1.66. The standard InChI is InChI=1S/C34H31Br2N3O3/c1-20(2)26-17-27(22(4)14-31(26)41-5)33-38-30-12-7-6-11-25(30)34(40)39(33)37-18-24-15-28(35)32(29(36)16-24)42-19-23-10-8-9-21(3)13-23/h6-18,20H,19H2,1-5H3. The lowest BCUT2D eigenvalue weighted by Gasteiger charge is -2.17. The molecule has 5 rings (SSSR count). The van der Waals surface area contributed by atoms with E-state index in [1.165, 1.54) is 10.2 Å². The third-order valence-electron chi connectivity index (χ3n) is 7.00. The summed E-state index contributed by atoms with van der Waals surface area (Å²) in [5, 5.41) is 5.18. The maximum absolute atomic E-state index is 13.8. The molecule has 0 atom stereocenters. The number of aromatic nitrogens is 2. The molecular weight excluding hydrogens is 658 g/mol. The van der Waals surface area contributed by atoms with Crippen molar-refractivity contribution >= 4 is 49.0 Å². The Morgan fingerprint density at radius 2 is 1.71 bits per heavy atom. The minimum atomic E-state index is -0.246. The first-order valence-electron chi connectivity index (χ1n) is 13.6. The van der Waals surface area contributed by atoms with Crippen LogP contribution in [0.3, 0.4) is 0 Å². The molecule has 4 aromatic carbocycles. The van der Waals surface area contributed by atoms with E-state index in [-0.39, 0.29) is 11.5 Å². The van der Waals surface area contributed by atoms with Crippen LogP contribution in [0.15, 0.2) is 91.6 Å². The highest BCUT2D eigenvalue weighted by Gasteiger charge is 2.18. The van der Waals surface area contributed by atoms with E-state index in [2.05, 4.69) is 75.9 Å². The van der Waals surface area contributed by atoms with Crippen molar-refractivity contribution < 1.29 is 9.47 Å². The van der Waals surface area contributed by atoms with Crippen LogP contribution in [-0.2, 0) is 6.61 Å². The average Bonchev–Trinajstić information content (AvgIpc) is 2.96. The van der Waals surface area contributed by atoms with Gasteiger partial charge in [0.05, 0.1) is 33.2 Å². The van der Waals surface area contributed by atoms with Gasteiger partial charge in [-0.25, -0.2) is 4.98 Å². The van der Waals surface area contributed by atoms with Gasteiger partial charge < -0.3 is 9.47 Å². The van der Waals surface area contributed by atoms with Crippen LogP contribution in [0.4, 0.5) is 0 Å². The lowest BCUT2D eigenvalue weighted by molar-refractivity contribution is 0.302. The van der Waals surface area contributed by atoms with E-state index in [0.29, 0.717) is 29.1 Å². The van der Waals surface area contributed by atoms with Crippen LogP contribution in [-0.4, -0.2) is 23.0 Å². The zero-order valence-corrected chi connectivity index (χ0v) is 27.3. The summed E-state index contributed by atoms with van der Waals surface area (Å²) < 4.78 is 14.7. The lowest BCUT2D eigenvalue weighted by Crippen LogP contribution is -2.20. The zero-order chi connectivity index (χ0) is 30.0. The molecule has 0 bridgehead atoms. The average molecular weight is 689 g/mol. The van der Waals surface area contributed by atoms with Gasteiger partial charge in [-0.05, 0) is 110 Å². The molecule has 0 saturated heterocycles. The number of nitrogens with zero attached hydrogens (tertiary/aromatic N) is 3. The van der Waals surface area contributed by atoms with Gasteiger partial charge in [0, 0.05) is 5.56 Å². The van der Waals surface area contributed by atoms with E-state index in [0.717, 1.165) is 42.5 Å². The van der Waals surface area contributed by atoms with E-state index in [1.54, 1.807) is 19.4 Å². The first-order valence-corrected chi connectivity index (χ1v) is 15.2. The summed E-state index contributed by atoms with van der Waals surface area (Å²) >= 11 is 7.29. The first kappa shape index (κ1) is 29.7. The molecule has 0 aliphatic heterocycles. The molecule has 0 aliphatic rings. The van der Waals surface area contributed by atoms with Crippen molar-refractivity contribution in [1.29, 1.82) is 0 Å². The predicted octanol–water partition coefficient (Wildman–Crippen LogP) is 8.80. The van der Waals surface area contributed by atoms with Crippen LogP contribution in [0.1, 0.15) is 47.6 Å². The third-order valence-corrected chi connectivity index (χ3v) is 8.18. The summed E-state index contributed by atoms with van der Waals surface area (Å²) in [7, 11) is 1.67. The van der Waals surface area contributed by atoms with Crippen LogP contribution in [0, 0.1) is 13.8 Å². The Hall–Kier alpha value is -3.75. The summed E-state index contributed by atoms with van der Waals surface area (Å²) in [6.45, 7) is 8.71. The predicted molar refractivity (Wildman–Crippen MR) is 177 cm³/mol. The minimum Gasteiger partial charge on any atom is -0.496 e. The molecule has 0 N–H and O–H groups in total. The molecule has 1 heterocycles. The smallest absolute Gasteiger partial charge is 0.282 e. The fourth-order valence-electron chi connectivity index (χ4n) is 4.85. The van der Waals surface area contributed by atoms with Crippen LogP contribution in [0.2, 0.25) is 0 Å². The van der Waals surface area contributed by atoms with Crippen molar-refractivity contribution in [2.24, 2.45) is 5.10 Å². The summed E-state index contributed by atoms with van der Waals surface area (Å²) in [6, 6.07) is 23.4. The highest BCUT2D eigenvalue weighted by atomic mass is 79.9. The summed E-state index contributed by atoms with van der Waals surface area (Å²) in [5.74, 6) is 2.18. The Bertz CT molecular complexity index is 1860. The van der Waals surface area contributed by atoms with E-state index >= 15 is 0 Å². The van der Waals surface area contributed by atoms with Gasteiger partial charge in [-0.1, -0.05) is 55.8 Å². The quantitative estimate of drug-likeness (QED) is 0.153. The monoisotopic (exact) mass is 687 g/mol. The summed E-state index contributed by atoms with van der Waals surface area (Å²) in [5.41, 5.74) is 6.20. The number of rotatable bonds is 8. The Morgan fingerprint density at radius 1 is 0.976 bits per heavy atom. The van der Waals surface area contributed by atoms with Crippen LogP contribution >= 0.6 is 31.9 Å². The molecule has 5 aromatic rings. The molecule has 8 heteroatoms. The lowest BCUT2D eigenvalue weighted by atomic mass is 9.96. The molecule has 214 valence electrons. The minimum absolute atomic E-state index is 0.213. The second kappa shape index (κ2) is 12.6. The molecule has 0 saturated carbocycles. The fourth-order valence-corrected chi connectivity index (χ4v) is 6.30. The molecule has 1 aromatic heterocycles. The number of fused-ring (bicyclic) bond motifs is 1. The van der Waals surface area contributed by atoms with Gasteiger partial charge in [-0.2, -0.15) is 9.78 Å². The second-order valence-electron chi connectivity index (χ2n) is 10.5. The zero-order valence-electron chi connectivity index (χ0n) is 24.1. The fraction of sp³-hybridized carbons (Fsp3) is 0.206. The first-order chi connectivity index (χ1) is 20.2. The van der Waals surface area contributed by atoms with Gasteiger partial charge in [-0.15, -0.1) is 0 Å². The second-order valence-corrected chi connectivity index (χ2v) is 12.2. The summed E-state index contributed by atoms with van der Waals surface area (Å²) in [4.78, 5) is 18.7. The number of para-hydroxylation sites is 1. The van der Waals surface area contributed by atoms with Crippen molar-refractivity contribution in [1.82, 2.24) is 9.66 Å². The maximum atomic E-state index is 13.8. The molecule has 0 unspecified atom stereocenters. The molecule has 6 nitrogen and oxygen atoms in total. The number of methoxy groups -OCH3 is 1. The molecule has 0 aliphatic carbocycles. The normalized spacial score (nSPS) is 11.5. The highest BCUT2D eigenvalue weighted by molar-refractivity contribution is 9.11. The van der Waals surface area contributed by atoms with Crippen LogP contribution < -0.4 is 15.0 Å². The van der Waals surface area contributed by atoms with Crippen LogP contribution in [0.5, 0.6) is 11.5 Å². The molecule has 42 heavy (non-hydrogen) atoms. The van der Waals surface area contributed by atoms with Gasteiger partial charge in [0.15, 0.2) is 5.82 Å². The number of halogens is 2. The highest BCUT2D eigenvalue weighted by Crippen LogP contribution is 2.36. The van der Waals surface area contributed by atoms with Gasteiger partial charge in [0.1, 0.15) is 18.1 Å². The Balaban J connectivity index is 1.57. The van der Waals surface area contributed by atoms with E-state index in [4.69, 9.17) is 14.5 Å². The molecular formula is C34H31Br2N3O3. The van der Waals surface area contributed by atoms with Crippen LogP contribution in [0.25, 0.3) is 22.3 Å². The molecule has 0 fully saturated rings. The van der Waals surface area contributed by atoms with Gasteiger partial charge in [-0.3, -0.25) is 4.79 Å². The van der Waals surface area contributed by atoms with Gasteiger partial charge >= 0.3 is 0 Å². The van der Waals surface area contributed by atoms with Gasteiger partial charge in [0.25, 0.3) is 5.56 Å². The molecule has 0 amide bonds. The largest absolute Gasteiger partial charge is 0.496 e. The van der Waals surface area contributed by atoms with Crippen molar-refractivity contribution in [3.63, 3.8) is 0 Å². The van der Waals surface area contributed by atoms with Crippen molar-refractivity contribution in [3.05, 3.63) is 120 Å². The number of hydrogen-bond acceptors (Lipinski definition) is 5. The molecule has 0 spiro atoms. The number of aryl methyl sites for hydroxylation is 2. The van der Waals surface area contributed by atoms with Gasteiger partial charge in [0.2, 0.25) is 0 Å². The Kier molecular flexibility index (Phi) is 8.94. The third kappa shape index (κ3) is 6.20. The molecule has 0 radical (unpaired) electrons. The van der Waals surface area contributed by atoms with E-state index in [9.17, 15) is 4.79 Å². The van der Waals surface area contributed by atoms with Crippen molar-refractivity contribution in [2.75, 3.05) is 7.11 Å². The van der Waals surface area contributed by atoms with Crippen molar-refractivity contribution in [2.45, 2.75) is 40.2 Å². The SMILES string of the molecule is COc1cc(C)c(-c2nc3ccccc3c(=O)n2N=Cc2cc(Br)c(OCc3cccc(C)c3)c(Br)c2)cc1C(C)C. The Labute approximate surface area is 262 Å². The number of benzene rings is 4.